The van der Waals surface area contributed by atoms with Gasteiger partial charge >= 0.3 is 5.97 Å². The van der Waals surface area contributed by atoms with Crippen LogP contribution < -0.4 is 5.32 Å². The highest BCUT2D eigenvalue weighted by Gasteiger charge is 2.26. The van der Waals surface area contributed by atoms with E-state index in [2.05, 4.69) is 16.4 Å². The summed E-state index contributed by atoms with van der Waals surface area (Å²) in [6.07, 6.45) is 5.97. The third-order valence-electron chi connectivity index (χ3n) is 4.74. The SMILES string of the molecule is O=C(CCc1c[nH]c2ccccc12)NC1CCC(C(=O)O)CC1. The lowest BCUT2D eigenvalue weighted by molar-refractivity contribution is -0.142. The van der Waals surface area contributed by atoms with Crippen LogP contribution in [-0.4, -0.2) is 28.0 Å². The van der Waals surface area contributed by atoms with Gasteiger partial charge in [-0.15, -0.1) is 0 Å². The number of carboxylic acids is 1. The Kier molecular flexibility index (Phi) is 4.65. The molecule has 0 unspecified atom stereocenters. The number of benzene rings is 1. The van der Waals surface area contributed by atoms with Crippen molar-refractivity contribution in [2.45, 2.75) is 44.6 Å². The molecule has 1 saturated carbocycles. The van der Waals surface area contributed by atoms with Crippen LogP contribution in [0.4, 0.5) is 0 Å². The second-order valence-electron chi connectivity index (χ2n) is 6.31. The van der Waals surface area contributed by atoms with Crippen molar-refractivity contribution in [2.75, 3.05) is 0 Å². The highest BCUT2D eigenvalue weighted by molar-refractivity contribution is 5.84. The minimum Gasteiger partial charge on any atom is -0.481 e. The summed E-state index contributed by atoms with van der Waals surface area (Å²) >= 11 is 0. The Morgan fingerprint density at radius 2 is 1.91 bits per heavy atom. The van der Waals surface area contributed by atoms with E-state index in [-0.39, 0.29) is 17.9 Å². The van der Waals surface area contributed by atoms with Crippen molar-refractivity contribution in [1.29, 1.82) is 0 Å². The summed E-state index contributed by atoms with van der Waals surface area (Å²) in [5.41, 5.74) is 2.25. The Balaban J connectivity index is 1.48. The lowest BCUT2D eigenvalue weighted by Gasteiger charge is -2.26. The van der Waals surface area contributed by atoms with E-state index >= 15 is 0 Å². The Hall–Kier alpha value is -2.30. The van der Waals surface area contributed by atoms with Gasteiger partial charge in [0, 0.05) is 29.6 Å². The van der Waals surface area contributed by atoms with E-state index in [0.717, 1.165) is 23.9 Å². The summed E-state index contributed by atoms with van der Waals surface area (Å²) in [4.78, 5) is 26.3. The first-order valence-electron chi connectivity index (χ1n) is 8.20. The molecule has 1 aromatic carbocycles. The summed E-state index contributed by atoms with van der Waals surface area (Å²) in [5.74, 6) is -0.905. The summed E-state index contributed by atoms with van der Waals surface area (Å²) in [6.45, 7) is 0. The number of carboxylic acid groups (broad SMARTS) is 1. The zero-order valence-corrected chi connectivity index (χ0v) is 13.0. The maximum Gasteiger partial charge on any atom is 0.306 e. The number of aromatic nitrogens is 1. The fourth-order valence-electron chi connectivity index (χ4n) is 3.37. The zero-order chi connectivity index (χ0) is 16.2. The molecule has 1 aliphatic rings. The molecule has 1 heterocycles. The molecule has 1 aliphatic carbocycles. The molecule has 5 heteroatoms. The normalized spacial score (nSPS) is 21.2. The van der Waals surface area contributed by atoms with Gasteiger partial charge in [-0.3, -0.25) is 9.59 Å². The van der Waals surface area contributed by atoms with Gasteiger partial charge in [0.25, 0.3) is 0 Å². The van der Waals surface area contributed by atoms with Crippen molar-refractivity contribution >= 4 is 22.8 Å². The summed E-state index contributed by atoms with van der Waals surface area (Å²) in [5, 5.41) is 13.2. The lowest BCUT2D eigenvalue weighted by atomic mass is 9.86. The van der Waals surface area contributed by atoms with Crippen molar-refractivity contribution < 1.29 is 14.7 Å². The van der Waals surface area contributed by atoms with Gasteiger partial charge in [-0.1, -0.05) is 18.2 Å². The lowest BCUT2D eigenvalue weighted by Crippen LogP contribution is -2.38. The molecule has 23 heavy (non-hydrogen) atoms. The van der Waals surface area contributed by atoms with Crippen molar-refractivity contribution in [1.82, 2.24) is 10.3 Å². The van der Waals surface area contributed by atoms with Crippen LogP contribution in [0.15, 0.2) is 30.5 Å². The molecule has 3 rings (SSSR count). The fourth-order valence-corrected chi connectivity index (χ4v) is 3.37. The molecule has 1 amide bonds. The number of aromatic amines is 1. The standard InChI is InChI=1S/C18H22N2O3/c21-17(20-14-8-5-12(6-9-14)18(22)23)10-7-13-11-19-16-4-2-1-3-15(13)16/h1-4,11-12,14,19H,5-10H2,(H,20,21)(H,22,23). The van der Waals surface area contributed by atoms with Gasteiger partial charge in [0.05, 0.1) is 5.92 Å². The fraction of sp³-hybridized carbons (Fsp3) is 0.444. The summed E-state index contributed by atoms with van der Waals surface area (Å²) in [6, 6.07) is 8.20. The molecule has 0 radical (unpaired) electrons. The van der Waals surface area contributed by atoms with Crippen LogP contribution in [0.25, 0.3) is 10.9 Å². The minimum absolute atomic E-state index is 0.0501. The van der Waals surface area contributed by atoms with E-state index in [1.165, 1.54) is 5.39 Å². The molecule has 5 nitrogen and oxygen atoms in total. The first-order valence-corrected chi connectivity index (χ1v) is 8.20. The number of hydrogen-bond acceptors (Lipinski definition) is 2. The number of hydrogen-bond donors (Lipinski definition) is 3. The van der Waals surface area contributed by atoms with Crippen LogP contribution in [0.3, 0.4) is 0 Å². The molecule has 1 fully saturated rings. The third-order valence-corrected chi connectivity index (χ3v) is 4.74. The second kappa shape index (κ2) is 6.86. The zero-order valence-electron chi connectivity index (χ0n) is 13.0. The molecule has 2 aromatic rings. The maximum atomic E-state index is 12.1. The second-order valence-corrected chi connectivity index (χ2v) is 6.31. The Bertz CT molecular complexity index is 699. The van der Waals surface area contributed by atoms with Crippen molar-refractivity contribution in [2.24, 2.45) is 5.92 Å². The molecule has 122 valence electrons. The molecule has 0 atom stereocenters. The van der Waals surface area contributed by atoms with Gasteiger partial charge < -0.3 is 15.4 Å². The van der Waals surface area contributed by atoms with Crippen LogP contribution in [0, 0.1) is 5.92 Å². The average molecular weight is 314 g/mol. The number of nitrogens with one attached hydrogen (secondary N) is 2. The molecular formula is C18H22N2O3. The van der Waals surface area contributed by atoms with Gasteiger partial charge in [0.1, 0.15) is 0 Å². The molecule has 1 aromatic heterocycles. The number of aliphatic carboxylic acids is 1. The number of rotatable bonds is 5. The highest BCUT2D eigenvalue weighted by Crippen LogP contribution is 2.24. The van der Waals surface area contributed by atoms with Crippen LogP contribution in [0.1, 0.15) is 37.7 Å². The van der Waals surface area contributed by atoms with E-state index in [4.69, 9.17) is 5.11 Å². The van der Waals surface area contributed by atoms with Crippen molar-refractivity contribution in [3.8, 4) is 0 Å². The number of amides is 1. The van der Waals surface area contributed by atoms with Crippen LogP contribution in [-0.2, 0) is 16.0 Å². The van der Waals surface area contributed by atoms with Crippen LogP contribution >= 0.6 is 0 Å². The first kappa shape index (κ1) is 15.6. The van der Waals surface area contributed by atoms with E-state index in [9.17, 15) is 9.59 Å². The first-order chi connectivity index (χ1) is 11.1. The molecule has 0 bridgehead atoms. The van der Waals surface area contributed by atoms with Gasteiger partial charge in [-0.25, -0.2) is 0 Å². The predicted molar refractivity (Wildman–Crippen MR) is 88.1 cm³/mol. The summed E-state index contributed by atoms with van der Waals surface area (Å²) < 4.78 is 0. The monoisotopic (exact) mass is 314 g/mol. The predicted octanol–water partition coefficient (Wildman–Crippen LogP) is 2.86. The number of para-hydroxylation sites is 1. The molecule has 0 saturated heterocycles. The van der Waals surface area contributed by atoms with Gasteiger partial charge in [0.15, 0.2) is 0 Å². The van der Waals surface area contributed by atoms with E-state index in [1.54, 1.807) is 0 Å². The Morgan fingerprint density at radius 1 is 1.17 bits per heavy atom. The van der Waals surface area contributed by atoms with E-state index in [1.807, 2.05) is 24.4 Å². The van der Waals surface area contributed by atoms with Gasteiger partial charge in [-0.2, -0.15) is 0 Å². The summed E-state index contributed by atoms with van der Waals surface area (Å²) in [7, 11) is 0. The smallest absolute Gasteiger partial charge is 0.306 e. The number of fused-ring (bicyclic) bond motifs is 1. The average Bonchev–Trinajstić information content (AvgIpc) is 2.97. The quantitative estimate of drug-likeness (QED) is 0.793. The van der Waals surface area contributed by atoms with Crippen LogP contribution in [0.5, 0.6) is 0 Å². The number of carbonyl (C=O) groups is 2. The molecule has 0 spiro atoms. The maximum absolute atomic E-state index is 12.1. The number of carbonyl (C=O) groups excluding carboxylic acids is 1. The largest absolute Gasteiger partial charge is 0.481 e. The van der Waals surface area contributed by atoms with Crippen LogP contribution in [0.2, 0.25) is 0 Å². The van der Waals surface area contributed by atoms with E-state index < -0.39 is 5.97 Å². The minimum atomic E-state index is -0.714. The topological polar surface area (TPSA) is 82.2 Å². The van der Waals surface area contributed by atoms with Gasteiger partial charge in [0.2, 0.25) is 5.91 Å². The van der Waals surface area contributed by atoms with Crippen molar-refractivity contribution in [3.05, 3.63) is 36.0 Å². The van der Waals surface area contributed by atoms with Crippen molar-refractivity contribution in [3.63, 3.8) is 0 Å². The number of H-pyrrole nitrogens is 1. The van der Waals surface area contributed by atoms with E-state index in [0.29, 0.717) is 25.7 Å². The molecule has 0 aliphatic heterocycles. The Labute approximate surface area is 135 Å². The number of aryl methyl sites for hydroxylation is 1. The highest BCUT2D eigenvalue weighted by atomic mass is 16.4. The Morgan fingerprint density at radius 3 is 2.65 bits per heavy atom. The molecule has 3 N–H and O–H groups in total. The molecular weight excluding hydrogens is 292 g/mol. The van der Waals surface area contributed by atoms with Gasteiger partial charge in [-0.05, 0) is 43.7 Å². The third kappa shape index (κ3) is 3.73.